The highest BCUT2D eigenvalue weighted by atomic mass is 32.2. The minimum Gasteiger partial charge on any atom is -0.504 e. The van der Waals surface area contributed by atoms with Gasteiger partial charge in [-0.2, -0.15) is 5.10 Å². The lowest BCUT2D eigenvalue weighted by molar-refractivity contribution is 0.270. The van der Waals surface area contributed by atoms with Crippen molar-refractivity contribution in [2.45, 2.75) is 18.4 Å². The molecular weight excluding hydrogens is 380 g/mol. The van der Waals surface area contributed by atoms with Crippen LogP contribution < -0.4 is 4.74 Å². The summed E-state index contributed by atoms with van der Waals surface area (Å²) < 4.78 is 30.4. The molecule has 8 heteroatoms. The van der Waals surface area contributed by atoms with Gasteiger partial charge in [-0.15, -0.1) is 0 Å². The number of benzene rings is 2. The number of aliphatic hydroxyl groups excluding tert-OH is 1. The average molecular weight is 402 g/mol. The third-order valence-corrected chi connectivity index (χ3v) is 5.35. The first-order valence-electron chi connectivity index (χ1n) is 8.79. The Hall–Kier alpha value is -2.84. The first-order valence-corrected chi connectivity index (χ1v) is 10.7. The maximum atomic E-state index is 11.6. The monoisotopic (exact) mass is 402 g/mol. The molecule has 0 saturated heterocycles. The van der Waals surface area contributed by atoms with Crippen molar-refractivity contribution in [1.82, 2.24) is 9.78 Å². The number of hydrogen-bond donors (Lipinski definition) is 2. The number of phenolic OH excluding ortho intramolecular Hbond substituents is 1. The van der Waals surface area contributed by atoms with Crippen LogP contribution in [0.15, 0.2) is 53.4 Å². The predicted molar refractivity (Wildman–Crippen MR) is 106 cm³/mol. The second-order valence-electron chi connectivity index (χ2n) is 6.27. The summed E-state index contributed by atoms with van der Waals surface area (Å²) in [7, 11) is -3.27. The third kappa shape index (κ3) is 4.18. The Labute approximate surface area is 163 Å². The van der Waals surface area contributed by atoms with Crippen LogP contribution in [0.1, 0.15) is 6.92 Å². The van der Waals surface area contributed by atoms with Gasteiger partial charge in [-0.05, 0) is 43.3 Å². The number of aromatic nitrogens is 2. The highest BCUT2D eigenvalue weighted by Crippen LogP contribution is 2.33. The molecule has 3 rings (SSSR count). The number of rotatable bonds is 7. The standard InChI is InChI=1S/C20H22N2O5S/c1-3-27-20-12-15(6-9-19(20)24)18-13-17(21-22(18)10-11-23)14-4-7-16(8-5-14)28(2,25)26/h4-9,12-13,23-24H,3,10-11H2,1-2H3. The van der Waals surface area contributed by atoms with Crippen LogP contribution in [0.4, 0.5) is 0 Å². The van der Waals surface area contributed by atoms with E-state index in [1.165, 1.54) is 0 Å². The lowest BCUT2D eigenvalue weighted by Crippen LogP contribution is -2.06. The van der Waals surface area contributed by atoms with E-state index in [9.17, 15) is 18.6 Å². The summed E-state index contributed by atoms with van der Waals surface area (Å²) in [5, 5.41) is 23.9. The summed E-state index contributed by atoms with van der Waals surface area (Å²) in [6, 6.07) is 13.4. The van der Waals surface area contributed by atoms with Gasteiger partial charge >= 0.3 is 0 Å². The fourth-order valence-corrected chi connectivity index (χ4v) is 3.50. The van der Waals surface area contributed by atoms with E-state index < -0.39 is 9.84 Å². The number of hydrogen-bond acceptors (Lipinski definition) is 6. The second-order valence-corrected chi connectivity index (χ2v) is 8.29. The molecule has 0 aliphatic heterocycles. The van der Waals surface area contributed by atoms with E-state index in [2.05, 4.69) is 5.10 Å². The smallest absolute Gasteiger partial charge is 0.175 e. The number of phenols is 1. The SMILES string of the molecule is CCOc1cc(-c2cc(-c3ccc(S(C)(=O)=O)cc3)nn2CCO)ccc1O. The van der Waals surface area contributed by atoms with E-state index in [-0.39, 0.29) is 17.3 Å². The molecule has 0 bridgehead atoms. The van der Waals surface area contributed by atoms with Crippen LogP contribution >= 0.6 is 0 Å². The number of nitrogens with zero attached hydrogens (tertiary/aromatic N) is 2. The summed E-state index contributed by atoms with van der Waals surface area (Å²) in [4.78, 5) is 0.242. The van der Waals surface area contributed by atoms with E-state index in [1.807, 2.05) is 13.0 Å². The van der Waals surface area contributed by atoms with Crippen molar-refractivity contribution in [3.63, 3.8) is 0 Å². The Balaban J connectivity index is 2.04. The molecule has 0 saturated carbocycles. The molecule has 3 aromatic rings. The van der Waals surface area contributed by atoms with Crippen LogP contribution in [-0.4, -0.2) is 47.9 Å². The van der Waals surface area contributed by atoms with Gasteiger partial charge in [0.1, 0.15) is 0 Å². The molecule has 7 nitrogen and oxygen atoms in total. The Morgan fingerprint density at radius 3 is 2.36 bits per heavy atom. The van der Waals surface area contributed by atoms with Crippen molar-refractivity contribution >= 4 is 9.84 Å². The van der Waals surface area contributed by atoms with Crippen LogP contribution in [0.3, 0.4) is 0 Å². The molecule has 1 aromatic heterocycles. The van der Waals surface area contributed by atoms with Crippen molar-refractivity contribution in [2.75, 3.05) is 19.5 Å². The lowest BCUT2D eigenvalue weighted by atomic mass is 10.1. The molecule has 0 unspecified atom stereocenters. The summed E-state index contributed by atoms with van der Waals surface area (Å²) in [6.07, 6.45) is 1.16. The van der Waals surface area contributed by atoms with Gasteiger partial charge in [0, 0.05) is 17.4 Å². The number of sulfone groups is 1. The fraction of sp³-hybridized carbons (Fsp3) is 0.250. The molecular formula is C20H22N2O5S. The van der Waals surface area contributed by atoms with Gasteiger partial charge < -0.3 is 14.9 Å². The van der Waals surface area contributed by atoms with Crippen molar-refractivity contribution < 1.29 is 23.4 Å². The average Bonchev–Trinajstić information content (AvgIpc) is 3.07. The van der Waals surface area contributed by atoms with Gasteiger partial charge in [-0.1, -0.05) is 12.1 Å². The Kier molecular flexibility index (Phi) is 5.71. The molecule has 0 aliphatic rings. The fourth-order valence-electron chi connectivity index (χ4n) is 2.87. The Bertz CT molecular complexity index is 1070. The van der Waals surface area contributed by atoms with Crippen LogP contribution in [0.2, 0.25) is 0 Å². The minimum atomic E-state index is -3.27. The third-order valence-electron chi connectivity index (χ3n) is 4.23. The van der Waals surface area contributed by atoms with E-state index >= 15 is 0 Å². The van der Waals surface area contributed by atoms with Crippen LogP contribution in [0.25, 0.3) is 22.5 Å². The molecule has 0 aliphatic carbocycles. The van der Waals surface area contributed by atoms with Gasteiger partial charge in [-0.25, -0.2) is 8.42 Å². The molecule has 0 atom stereocenters. The molecule has 148 valence electrons. The van der Waals surface area contributed by atoms with E-state index in [0.717, 1.165) is 23.1 Å². The number of aromatic hydroxyl groups is 1. The molecule has 2 N–H and O–H groups in total. The topological polar surface area (TPSA) is 102 Å². The molecule has 0 radical (unpaired) electrons. The predicted octanol–water partition coefficient (Wildman–Crippen LogP) is 2.72. The summed E-state index contributed by atoms with van der Waals surface area (Å²) in [5.41, 5.74) is 2.93. The highest BCUT2D eigenvalue weighted by Gasteiger charge is 2.14. The van der Waals surface area contributed by atoms with Crippen molar-refractivity contribution in [3.8, 4) is 34.0 Å². The van der Waals surface area contributed by atoms with Crippen molar-refractivity contribution in [1.29, 1.82) is 0 Å². The van der Waals surface area contributed by atoms with Gasteiger partial charge in [0.05, 0.1) is 36.0 Å². The van der Waals surface area contributed by atoms with Crippen LogP contribution in [0, 0.1) is 0 Å². The lowest BCUT2D eigenvalue weighted by Gasteiger charge is -2.09. The summed E-state index contributed by atoms with van der Waals surface area (Å²) >= 11 is 0. The molecule has 0 amide bonds. The first kappa shape index (κ1) is 19.9. The van der Waals surface area contributed by atoms with Crippen molar-refractivity contribution in [2.24, 2.45) is 0 Å². The van der Waals surface area contributed by atoms with Crippen LogP contribution in [-0.2, 0) is 16.4 Å². The van der Waals surface area contributed by atoms with Crippen LogP contribution in [0.5, 0.6) is 11.5 Å². The number of aliphatic hydroxyl groups is 1. The maximum Gasteiger partial charge on any atom is 0.175 e. The largest absolute Gasteiger partial charge is 0.504 e. The second kappa shape index (κ2) is 8.04. The van der Waals surface area contributed by atoms with E-state index in [4.69, 9.17) is 4.74 Å². The molecule has 2 aromatic carbocycles. The van der Waals surface area contributed by atoms with Gasteiger partial charge in [0.15, 0.2) is 21.3 Å². The number of ether oxygens (including phenoxy) is 1. The summed E-state index contributed by atoms with van der Waals surface area (Å²) in [5.74, 6) is 0.422. The summed E-state index contributed by atoms with van der Waals surface area (Å²) in [6.45, 7) is 2.46. The first-order chi connectivity index (χ1) is 13.3. The highest BCUT2D eigenvalue weighted by molar-refractivity contribution is 7.90. The minimum absolute atomic E-state index is 0.0513. The normalized spacial score (nSPS) is 11.5. The molecule has 1 heterocycles. The molecule has 0 spiro atoms. The van der Waals surface area contributed by atoms with Gasteiger partial charge in [-0.3, -0.25) is 4.68 Å². The van der Waals surface area contributed by atoms with Gasteiger partial charge in [0.2, 0.25) is 0 Å². The van der Waals surface area contributed by atoms with Crippen molar-refractivity contribution in [3.05, 3.63) is 48.5 Å². The van der Waals surface area contributed by atoms with Gasteiger partial charge in [0.25, 0.3) is 0 Å². The quantitative estimate of drug-likeness (QED) is 0.630. The maximum absolute atomic E-state index is 11.6. The van der Waals surface area contributed by atoms with E-state index in [0.29, 0.717) is 24.6 Å². The molecule has 28 heavy (non-hydrogen) atoms. The zero-order chi connectivity index (χ0) is 20.3. The van der Waals surface area contributed by atoms with E-state index in [1.54, 1.807) is 47.1 Å². The Morgan fingerprint density at radius 2 is 1.75 bits per heavy atom. The zero-order valence-electron chi connectivity index (χ0n) is 15.7. The molecule has 0 fully saturated rings. The Morgan fingerprint density at radius 1 is 1.07 bits per heavy atom. The zero-order valence-corrected chi connectivity index (χ0v) is 16.5.